The van der Waals surface area contributed by atoms with E-state index in [1.807, 2.05) is 0 Å². The molecule has 1 N–H and O–H groups in total. The number of carboxylic acids is 1. The number of ether oxygens (including phenoxy) is 1. The lowest BCUT2D eigenvalue weighted by atomic mass is 10.2. The van der Waals surface area contributed by atoms with Crippen molar-refractivity contribution in [2.75, 3.05) is 7.11 Å². The first-order valence-corrected chi connectivity index (χ1v) is 4.52. The van der Waals surface area contributed by atoms with Crippen LogP contribution in [-0.4, -0.2) is 23.2 Å². The molecule has 0 saturated heterocycles. The van der Waals surface area contributed by atoms with Gasteiger partial charge in [0, 0.05) is 10.5 Å². The van der Waals surface area contributed by atoms with Crippen LogP contribution in [0.15, 0.2) is 10.5 Å². The van der Waals surface area contributed by atoms with Crippen LogP contribution in [0.1, 0.15) is 22.5 Å². The van der Waals surface area contributed by atoms with Gasteiger partial charge in [0.15, 0.2) is 0 Å². The molecule has 1 aromatic rings. The van der Waals surface area contributed by atoms with Crippen LogP contribution in [0, 0.1) is 0 Å². The third kappa shape index (κ3) is 2.41. The van der Waals surface area contributed by atoms with E-state index in [-0.39, 0.29) is 10.4 Å². The Morgan fingerprint density at radius 1 is 1.67 bits per heavy atom. The maximum absolute atomic E-state index is 12.5. The Labute approximate surface area is 92.0 Å². The molecule has 82 valence electrons. The van der Waals surface area contributed by atoms with Gasteiger partial charge in [0.1, 0.15) is 11.3 Å². The minimum absolute atomic E-state index is 0.0112. The predicted octanol–water partition coefficient (Wildman–Crippen LogP) is 2.49. The quantitative estimate of drug-likeness (QED) is 0.925. The van der Waals surface area contributed by atoms with Gasteiger partial charge in [-0.15, -0.1) is 0 Å². The van der Waals surface area contributed by atoms with Crippen LogP contribution in [0.2, 0.25) is 0 Å². The van der Waals surface area contributed by atoms with E-state index >= 15 is 0 Å². The predicted molar refractivity (Wildman–Crippen MR) is 50.4 cm³/mol. The van der Waals surface area contributed by atoms with Crippen molar-refractivity contribution in [2.45, 2.75) is 6.43 Å². The lowest BCUT2D eigenvalue weighted by molar-refractivity contribution is 0.0680. The molecule has 0 spiro atoms. The molecule has 1 rings (SSSR count). The number of hydrogen-bond donors (Lipinski definition) is 1. The van der Waals surface area contributed by atoms with Gasteiger partial charge in [-0.05, 0) is 15.9 Å². The summed E-state index contributed by atoms with van der Waals surface area (Å²) in [7, 11) is 1.25. The molecule has 0 aliphatic rings. The fourth-order valence-electron chi connectivity index (χ4n) is 0.984. The lowest BCUT2D eigenvalue weighted by Crippen LogP contribution is -2.07. The zero-order chi connectivity index (χ0) is 11.6. The highest BCUT2D eigenvalue weighted by molar-refractivity contribution is 9.10. The standard InChI is InChI=1S/C8H6BrF2NO3/c1-15-4-2-3(9)5(8(13)14)6(12-4)7(10)11/h2,7H,1H3,(H,13,14). The molecule has 4 nitrogen and oxygen atoms in total. The highest BCUT2D eigenvalue weighted by Crippen LogP contribution is 2.30. The number of rotatable bonds is 3. The first kappa shape index (κ1) is 11.8. The number of hydrogen-bond acceptors (Lipinski definition) is 3. The lowest BCUT2D eigenvalue weighted by Gasteiger charge is -2.08. The second-order valence-electron chi connectivity index (χ2n) is 2.51. The molecule has 0 aliphatic carbocycles. The molecule has 0 unspecified atom stereocenters. The number of halogens is 3. The zero-order valence-electron chi connectivity index (χ0n) is 7.50. The Morgan fingerprint density at radius 2 is 2.27 bits per heavy atom. The van der Waals surface area contributed by atoms with E-state index in [0.717, 1.165) is 0 Å². The third-order valence-corrected chi connectivity index (χ3v) is 2.23. The van der Waals surface area contributed by atoms with Crippen molar-refractivity contribution in [1.82, 2.24) is 4.98 Å². The minimum atomic E-state index is -2.97. The SMILES string of the molecule is COc1cc(Br)c(C(=O)O)c(C(F)F)n1. The number of carbonyl (C=O) groups is 1. The van der Waals surface area contributed by atoms with Crippen LogP contribution < -0.4 is 4.74 Å². The van der Waals surface area contributed by atoms with Crippen molar-refractivity contribution < 1.29 is 23.4 Å². The number of nitrogens with zero attached hydrogens (tertiary/aromatic N) is 1. The molecular formula is C8H6BrF2NO3. The number of alkyl halides is 2. The van der Waals surface area contributed by atoms with Crippen molar-refractivity contribution in [3.8, 4) is 5.88 Å². The van der Waals surface area contributed by atoms with Crippen LogP contribution in [0.25, 0.3) is 0 Å². The Balaban J connectivity index is 3.42. The zero-order valence-corrected chi connectivity index (χ0v) is 9.09. The van der Waals surface area contributed by atoms with Crippen LogP contribution in [-0.2, 0) is 0 Å². The Bertz CT molecular complexity index is 398. The number of aromatic carboxylic acids is 1. The molecule has 0 radical (unpaired) electrons. The second kappa shape index (κ2) is 4.52. The summed E-state index contributed by atoms with van der Waals surface area (Å²) < 4.78 is 29.6. The van der Waals surface area contributed by atoms with Gasteiger partial charge < -0.3 is 9.84 Å². The molecule has 0 amide bonds. The second-order valence-corrected chi connectivity index (χ2v) is 3.37. The van der Waals surface area contributed by atoms with Crippen LogP contribution in [0.5, 0.6) is 5.88 Å². The molecule has 7 heteroatoms. The van der Waals surface area contributed by atoms with E-state index in [2.05, 4.69) is 25.7 Å². The van der Waals surface area contributed by atoms with E-state index in [9.17, 15) is 13.6 Å². The normalized spacial score (nSPS) is 10.5. The highest BCUT2D eigenvalue weighted by atomic mass is 79.9. The van der Waals surface area contributed by atoms with Crippen molar-refractivity contribution in [2.24, 2.45) is 0 Å². The summed E-state index contributed by atoms with van der Waals surface area (Å²) in [6, 6.07) is 1.22. The van der Waals surface area contributed by atoms with Crippen LogP contribution in [0.3, 0.4) is 0 Å². The van der Waals surface area contributed by atoms with E-state index in [1.165, 1.54) is 13.2 Å². The fourth-order valence-corrected chi connectivity index (χ4v) is 1.55. The first-order valence-electron chi connectivity index (χ1n) is 3.73. The van der Waals surface area contributed by atoms with Gasteiger partial charge in [-0.25, -0.2) is 18.6 Å². The summed E-state index contributed by atoms with van der Waals surface area (Å²) in [5.74, 6) is -1.53. The number of aromatic nitrogens is 1. The summed E-state index contributed by atoms with van der Waals surface area (Å²) in [4.78, 5) is 14.1. The first-order chi connectivity index (χ1) is 6.97. The molecule has 1 aromatic heterocycles. The smallest absolute Gasteiger partial charge is 0.338 e. The van der Waals surface area contributed by atoms with Gasteiger partial charge in [0.25, 0.3) is 6.43 Å². The summed E-state index contributed by atoms with van der Waals surface area (Å²) in [6.07, 6.45) is -2.97. The number of pyridine rings is 1. The monoisotopic (exact) mass is 281 g/mol. The minimum Gasteiger partial charge on any atom is -0.481 e. The van der Waals surface area contributed by atoms with Gasteiger partial charge in [-0.3, -0.25) is 0 Å². The Kier molecular flexibility index (Phi) is 3.57. The van der Waals surface area contributed by atoms with E-state index in [0.29, 0.717) is 0 Å². The maximum Gasteiger partial charge on any atom is 0.338 e. The average Bonchev–Trinajstić information content (AvgIpc) is 2.15. The molecule has 1 heterocycles. The summed E-state index contributed by atoms with van der Waals surface area (Å²) in [5, 5.41) is 8.71. The highest BCUT2D eigenvalue weighted by Gasteiger charge is 2.24. The van der Waals surface area contributed by atoms with Gasteiger partial charge in [-0.2, -0.15) is 0 Å². The Morgan fingerprint density at radius 3 is 2.67 bits per heavy atom. The molecule has 0 bridgehead atoms. The van der Waals surface area contributed by atoms with E-state index in [1.54, 1.807) is 0 Å². The summed E-state index contributed by atoms with van der Waals surface area (Å²) in [5.41, 5.74) is -1.36. The van der Waals surface area contributed by atoms with Gasteiger partial charge in [-0.1, -0.05) is 0 Å². The summed E-state index contributed by atoms with van der Waals surface area (Å²) in [6.45, 7) is 0. The van der Waals surface area contributed by atoms with Gasteiger partial charge in [0.05, 0.1) is 7.11 Å². The van der Waals surface area contributed by atoms with Crippen LogP contribution >= 0.6 is 15.9 Å². The molecule has 15 heavy (non-hydrogen) atoms. The van der Waals surface area contributed by atoms with Crippen molar-refractivity contribution in [1.29, 1.82) is 0 Å². The largest absolute Gasteiger partial charge is 0.481 e. The van der Waals surface area contributed by atoms with Gasteiger partial charge in [0.2, 0.25) is 5.88 Å². The van der Waals surface area contributed by atoms with Crippen molar-refractivity contribution in [3.63, 3.8) is 0 Å². The summed E-state index contributed by atoms with van der Waals surface area (Å²) >= 11 is 2.87. The third-order valence-electron chi connectivity index (χ3n) is 1.61. The fraction of sp³-hybridized carbons (Fsp3) is 0.250. The van der Waals surface area contributed by atoms with E-state index in [4.69, 9.17) is 5.11 Å². The van der Waals surface area contributed by atoms with Crippen molar-refractivity contribution in [3.05, 3.63) is 21.8 Å². The molecular weight excluding hydrogens is 276 g/mol. The average molecular weight is 282 g/mol. The number of methoxy groups -OCH3 is 1. The molecule has 0 fully saturated rings. The molecule has 0 atom stereocenters. The molecule has 0 aromatic carbocycles. The van der Waals surface area contributed by atoms with Crippen molar-refractivity contribution >= 4 is 21.9 Å². The Hall–Kier alpha value is -1.24. The topological polar surface area (TPSA) is 59.4 Å². The molecule has 0 aliphatic heterocycles. The van der Waals surface area contributed by atoms with Gasteiger partial charge >= 0.3 is 5.97 Å². The van der Waals surface area contributed by atoms with Crippen LogP contribution in [0.4, 0.5) is 8.78 Å². The van der Waals surface area contributed by atoms with E-state index < -0.39 is 23.7 Å². The maximum atomic E-state index is 12.5. The number of carboxylic acid groups (broad SMARTS) is 1. The molecule has 0 saturated carbocycles.